The fourth-order valence-electron chi connectivity index (χ4n) is 4.82. The van der Waals surface area contributed by atoms with Crippen LogP contribution in [0.1, 0.15) is 73.3 Å². The lowest BCUT2D eigenvalue weighted by Gasteiger charge is -2.13. The summed E-state index contributed by atoms with van der Waals surface area (Å²) < 4.78 is 78.6. The Labute approximate surface area is 252 Å². The molecule has 0 N–H and O–H groups in total. The lowest BCUT2D eigenvalue weighted by molar-refractivity contribution is -0.136. The molecule has 0 saturated heterocycles. The third kappa shape index (κ3) is 10.8. The Balaban J connectivity index is 1.96. The first-order valence-electron chi connectivity index (χ1n) is 13.9. The van der Waals surface area contributed by atoms with E-state index in [0.29, 0.717) is 35.1 Å². The van der Waals surface area contributed by atoms with Crippen molar-refractivity contribution in [3.63, 3.8) is 0 Å². The van der Waals surface area contributed by atoms with Crippen LogP contribution in [0.5, 0.6) is 0 Å². The van der Waals surface area contributed by atoms with Crippen molar-refractivity contribution >= 4 is 22.5 Å². The molecule has 1 aromatic rings. The molecule has 9 heteroatoms. The van der Waals surface area contributed by atoms with Crippen molar-refractivity contribution in [2.75, 3.05) is 0 Å². The maximum atomic E-state index is 13.1. The number of hydrogen-bond donors (Lipinski definition) is 0. The summed E-state index contributed by atoms with van der Waals surface area (Å²) in [4.78, 5) is 1.64. The van der Waals surface area contributed by atoms with E-state index in [9.17, 15) is 26.3 Å². The Morgan fingerprint density at radius 1 is 0.721 bits per heavy atom. The van der Waals surface area contributed by atoms with Crippen molar-refractivity contribution in [2.45, 2.75) is 77.6 Å². The molecule has 2 aliphatic carbocycles. The Bertz CT molecular complexity index is 1410. The van der Waals surface area contributed by atoms with Gasteiger partial charge in [-0.2, -0.15) is 36.9 Å². The lowest BCUT2D eigenvalue weighted by Crippen LogP contribution is -2.09. The molecule has 0 radical (unpaired) electrons. The smallest absolute Gasteiger partial charge is 0.193 e. The minimum absolute atomic E-state index is 0.116. The molecule has 2 nitrogen and oxygen atoms in total. The summed E-state index contributed by atoms with van der Waals surface area (Å²) in [5, 5.41) is 17.9. The van der Waals surface area contributed by atoms with Crippen LogP contribution in [0.2, 0.25) is 0 Å². The highest BCUT2D eigenvalue weighted by Crippen LogP contribution is 2.45. The highest BCUT2D eigenvalue weighted by Gasteiger charge is 2.30. The Kier molecular flexibility index (Phi) is 11.8. The predicted molar refractivity (Wildman–Crippen MR) is 161 cm³/mol. The number of alkyl halides is 6. The van der Waals surface area contributed by atoms with Gasteiger partial charge in [-0.3, -0.25) is 0 Å². The Morgan fingerprint density at radius 3 is 1.47 bits per heavy atom. The van der Waals surface area contributed by atoms with Gasteiger partial charge in [-0.05, 0) is 97.9 Å². The van der Waals surface area contributed by atoms with Crippen LogP contribution in [-0.4, -0.2) is 12.4 Å². The van der Waals surface area contributed by atoms with Crippen LogP contribution in [0, 0.1) is 22.7 Å². The largest absolute Gasteiger partial charge is 0.389 e. The number of nitrogens with zero attached hydrogens (tertiary/aromatic N) is 2. The zero-order chi connectivity index (χ0) is 31.6. The average Bonchev–Trinajstić information content (AvgIpc) is 3.66. The van der Waals surface area contributed by atoms with E-state index in [1.165, 1.54) is 11.3 Å². The summed E-state index contributed by atoms with van der Waals surface area (Å²) in [5.74, 6) is 0. The topological polar surface area (TPSA) is 47.6 Å². The maximum absolute atomic E-state index is 13.1. The van der Waals surface area contributed by atoms with Gasteiger partial charge in [0.25, 0.3) is 0 Å². The zero-order valence-corrected chi connectivity index (χ0v) is 24.8. The van der Waals surface area contributed by atoms with Gasteiger partial charge in [0.2, 0.25) is 0 Å². The summed E-state index contributed by atoms with van der Waals surface area (Å²) in [6, 6.07) is 4.09. The van der Waals surface area contributed by atoms with E-state index in [1.54, 1.807) is 38.2 Å². The van der Waals surface area contributed by atoms with Crippen LogP contribution >= 0.6 is 11.3 Å². The van der Waals surface area contributed by atoms with Crippen LogP contribution < -0.4 is 0 Å². The van der Waals surface area contributed by atoms with Crippen molar-refractivity contribution < 1.29 is 26.3 Å². The second-order valence-electron chi connectivity index (χ2n) is 10.5. The summed E-state index contributed by atoms with van der Waals surface area (Å²) in [7, 11) is 0. The lowest BCUT2D eigenvalue weighted by atomic mass is 9.93. The van der Waals surface area contributed by atoms with Gasteiger partial charge in [0.05, 0.1) is 12.1 Å². The van der Waals surface area contributed by atoms with Gasteiger partial charge in [-0.15, -0.1) is 11.3 Å². The molecule has 0 unspecified atom stereocenters. The molecular weight excluding hydrogens is 582 g/mol. The van der Waals surface area contributed by atoms with Crippen LogP contribution in [0.3, 0.4) is 0 Å². The molecule has 0 saturated carbocycles. The fourth-order valence-corrected chi connectivity index (χ4v) is 6.26. The number of thiophene rings is 1. The monoisotopic (exact) mass is 614 g/mol. The van der Waals surface area contributed by atoms with Gasteiger partial charge in [0.1, 0.15) is 0 Å². The highest BCUT2D eigenvalue weighted by molar-refractivity contribution is 7.14. The van der Waals surface area contributed by atoms with Gasteiger partial charge in [0, 0.05) is 33.7 Å². The molecule has 0 amide bonds. The van der Waals surface area contributed by atoms with Crippen molar-refractivity contribution in [2.24, 2.45) is 0 Å². The molecule has 43 heavy (non-hydrogen) atoms. The molecule has 1 heterocycles. The molecule has 1 aromatic heterocycles. The van der Waals surface area contributed by atoms with Crippen LogP contribution in [0.15, 0.2) is 83.1 Å². The summed E-state index contributed by atoms with van der Waals surface area (Å²) in [6.45, 7) is 3.38. The molecule has 0 atom stereocenters. The molecule has 2 aliphatic rings. The quantitative estimate of drug-likeness (QED) is 0.134. The van der Waals surface area contributed by atoms with Crippen molar-refractivity contribution in [1.29, 1.82) is 10.5 Å². The van der Waals surface area contributed by atoms with Crippen molar-refractivity contribution in [3.8, 4) is 12.1 Å². The van der Waals surface area contributed by atoms with E-state index in [4.69, 9.17) is 10.5 Å². The minimum atomic E-state index is -4.33. The number of rotatable bonds is 12. The molecular formula is C34H32F6N2S. The van der Waals surface area contributed by atoms with E-state index in [-0.39, 0.29) is 25.7 Å². The minimum Gasteiger partial charge on any atom is -0.193 e. The van der Waals surface area contributed by atoms with E-state index < -0.39 is 25.2 Å². The molecule has 226 valence electrons. The number of hydrogen-bond acceptors (Lipinski definition) is 3. The second-order valence-corrected chi connectivity index (χ2v) is 11.5. The van der Waals surface area contributed by atoms with Crippen molar-refractivity contribution in [3.05, 3.63) is 104 Å². The van der Waals surface area contributed by atoms with E-state index in [1.807, 2.05) is 48.6 Å². The third-order valence-electron chi connectivity index (χ3n) is 6.93. The van der Waals surface area contributed by atoms with Gasteiger partial charge >= 0.3 is 12.4 Å². The van der Waals surface area contributed by atoms with E-state index >= 15 is 0 Å². The Morgan fingerprint density at radius 2 is 1.12 bits per heavy atom. The fraction of sp³-hybridized carbons (Fsp3) is 0.353. The third-order valence-corrected chi connectivity index (χ3v) is 8.35. The Hall–Kier alpha value is -3.82. The second kappa shape index (κ2) is 15.1. The first-order valence-corrected chi connectivity index (χ1v) is 14.7. The summed E-state index contributed by atoms with van der Waals surface area (Å²) in [6.07, 6.45) is 8.72. The van der Waals surface area contributed by atoms with Gasteiger partial charge < -0.3 is 0 Å². The number of nitriles is 2. The standard InChI is InChI=1S/C34H32F6N2S/c1-23(21-41)7-3-9-25-13-15-27(19-25)31-29(11-5-17-33(35,36)37)30(12-6-18-34(38,39)40)32(43-31)28-16-14-26(20-28)10-4-8-24(2)22-42/h3-4,7-10,13-16H,5-6,11-12,17-20H2,1-2H3/b9-3+,10-4+,23-7-,24-8-. The van der Waals surface area contributed by atoms with Crippen LogP contribution in [0.25, 0.3) is 11.1 Å². The van der Waals surface area contributed by atoms with Crippen LogP contribution in [0.4, 0.5) is 26.3 Å². The van der Waals surface area contributed by atoms with Gasteiger partial charge in [0.15, 0.2) is 0 Å². The van der Waals surface area contributed by atoms with Crippen LogP contribution in [-0.2, 0) is 12.8 Å². The average molecular weight is 615 g/mol. The van der Waals surface area contributed by atoms with Crippen molar-refractivity contribution in [1.82, 2.24) is 0 Å². The van der Waals surface area contributed by atoms with Gasteiger partial charge in [-0.1, -0.05) is 48.6 Å². The first-order chi connectivity index (χ1) is 20.3. The molecule has 0 spiro atoms. The van der Waals surface area contributed by atoms with E-state index in [0.717, 1.165) is 32.0 Å². The normalized spacial score (nSPS) is 16.4. The van der Waals surface area contributed by atoms with Gasteiger partial charge in [-0.25, -0.2) is 0 Å². The predicted octanol–water partition coefficient (Wildman–Crippen LogP) is 11.0. The summed E-state index contributed by atoms with van der Waals surface area (Å²) in [5.41, 5.74) is 6.25. The van der Waals surface area contributed by atoms with E-state index in [2.05, 4.69) is 0 Å². The maximum Gasteiger partial charge on any atom is 0.389 e. The first kappa shape index (κ1) is 33.7. The highest BCUT2D eigenvalue weighted by atomic mass is 32.1. The summed E-state index contributed by atoms with van der Waals surface area (Å²) >= 11 is 1.44. The molecule has 0 aliphatic heterocycles. The number of allylic oxidation sites excluding steroid dienone is 16. The molecule has 3 rings (SSSR count). The molecule has 0 aromatic carbocycles. The number of halogens is 6. The zero-order valence-electron chi connectivity index (χ0n) is 24.0. The molecule has 0 bridgehead atoms. The molecule has 0 fully saturated rings. The SMILES string of the molecule is C/C(C#N)=C/C=C/C1=CC=C(c2sc(C3=CC=C(/C=C/C=C(/C)C#N)C3)c(CCCC(F)(F)F)c2CCCC(F)(F)F)C1.